The summed E-state index contributed by atoms with van der Waals surface area (Å²) in [5.74, 6) is 1.03. The van der Waals surface area contributed by atoms with E-state index in [9.17, 15) is 5.11 Å². The Morgan fingerprint density at radius 1 is 1.50 bits per heavy atom. The molecular formula is C10H14BrNOS. The first-order chi connectivity index (χ1) is 6.59. The highest BCUT2D eigenvalue weighted by atomic mass is 79.9. The van der Waals surface area contributed by atoms with Crippen molar-refractivity contribution in [1.82, 2.24) is 4.98 Å². The highest BCUT2D eigenvalue weighted by Gasteiger charge is 2.09. The molecule has 1 aromatic heterocycles. The van der Waals surface area contributed by atoms with Crippen molar-refractivity contribution in [3.8, 4) is 0 Å². The van der Waals surface area contributed by atoms with E-state index >= 15 is 0 Å². The molecule has 0 aromatic carbocycles. The number of aromatic nitrogens is 1. The van der Waals surface area contributed by atoms with Gasteiger partial charge < -0.3 is 5.11 Å². The van der Waals surface area contributed by atoms with Gasteiger partial charge >= 0.3 is 0 Å². The molecule has 14 heavy (non-hydrogen) atoms. The van der Waals surface area contributed by atoms with Gasteiger partial charge in [0.05, 0.1) is 6.10 Å². The molecule has 0 saturated carbocycles. The van der Waals surface area contributed by atoms with Crippen molar-refractivity contribution in [2.45, 2.75) is 24.8 Å². The predicted molar refractivity (Wildman–Crippen MR) is 63.5 cm³/mol. The number of hydrogen-bond donors (Lipinski definition) is 1. The molecule has 1 heterocycles. The van der Waals surface area contributed by atoms with Crippen molar-refractivity contribution in [3.63, 3.8) is 0 Å². The van der Waals surface area contributed by atoms with Gasteiger partial charge in [0.2, 0.25) is 0 Å². The molecule has 0 aliphatic rings. The second-order valence-electron chi connectivity index (χ2n) is 3.46. The molecule has 1 atom stereocenters. The third-order valence-electron chi connectivity index (χ3n) is 1.87. The third-order valence-corrected chi connectivity index (χ3v) is 3.37. The van der Waals surface area contributed by atoms with Gasteiger partial charge in [0.1, 0.15) is 0 Å². The summed E-state index contributed by atoms with van der Waals surface area (Å²) < 4.78 is 0.974. The largest absolute Gasteiger partial charge is 0.392 e. The predicted octanol–water partition coefficient (Wildman–Crippen LogP) is 2.95. The van der Waals surface area contributed by atoms with E-state index in [-0.39, 0.29) is 6.10 Å². The standard InChI is InChI=1S/C10H14BrNOS/c1-7(2)10(13)6-14-9-3-8(11)4-12-5-9/h3-5,7,10,13H,6H2,1-2H3. The fourth-order valence-corrected chi connectivity index (χ4v) is 2.46. The van der Waals surface area contributed by atoms with Gasteiger partial charge in [-0.25, -0.2) is 0 Å². The van der Waals surface area contributed by atoms with Gasteiger partial charge in [0.15, 0.2) is 0 Å². The minimum atomic E-state index is -0.251. The summed E-state index contributed by atoms with van der Waals surface area (Å²) in [6, 6.07) is 2.00. The molecule has 1 aromatic rings. The van der Waals surface area contributed by atoms with Crippen LogP contribution in [0, 0.1) is 5.92 Å². The quantitative estimate of drug-likeness (QED) is 0.858. The van der Waals surface area contributed by atoms with Crippen molar-refractivity contribution < 1.29 is 5.11 Å². The minimum absolute atomic E-state index is 0.251. The molecule has 2 nitrogen and oxygen atoms in total. The van der Waals surface area contributed by atoms with Crippen LogP contribution in [0.25, 0.3) is 0 Å². The van der Waals surface area contributed by atoms with Crippen LogP contribution in [0.1, 0.15) is 13.8 Å². The molecule has 1 N–H and O–H groups in total. The van der Waals surface area contributed by atoms with E-state index in [4.69, 9.17) is 0 Å². The van der Waals surface area contributed by atoms with Crippen LogP contribution in [0.2, 0.25) is 0 Å². The van der Waals surface area contributed by atoms with Crippen LogP contribution in [0.15, 0.2) is 27.8 Å². The monoisotopic (exact) mass is 275 g/mol. The number of hydrogen-bond acceptors (Lipinski definition) is 3. The van der Waals surface area contributed by atoms with Crippen LogP contribution in [0.5, 0.6) is 0 Å². The van der Waals surface area contributed by atoms with Gasteiger partial charge in [-0.05, 0) is 27.9 Å². The Kier molecular flexibility index (Phi) is 4.92. The lowest BCUT2D eigenvalue weighted by Crippen LogP contribution is -2.17. The van der Waals surface area contributed by atoms with Crippen molar-refractivity contribution in [1.29, 1.82) is 0 Å². The number of aliphatic hydroxyl groups is 1. The average Bonchev–Trinajstić information content (AvgIpc) is 2.14. The van der Waals surface area contributed by atoms with Crippen molar-refractivity contribution in [2.75, 3.05) is 5.75 Å². The first-order valence-electron chi connectivity index (χ1n) is 4.51. The maximum absolute atomic E-state index is 9.60. The average molecular weight is 276 g/mol. The first kappa shape index (κ1) is 12.0. The molecule has 4 heteroatoms. The summed E-state index contributed by atoms with van der Waals surface area (Å²) in [5.41, 5.74) is 0. The topological polar surface area (TPSA) is 33.1 Å². The zero-order valence-corrected chi connectivity index (χ0v) is 10.7. The van der Waals surface area contributed by atoms with Crippen LogP contribution in [0.4, 0.5) is 0 Å². The summed E-state index contributed by atoms with van der Waals surface area (Å²) in [6.07, 6.45) is 3.31. The maximum Gasteiger partial charge on any atom is 0.0656 e. The molecule has 0 spiro atoms. The van der Waals surface area contributed by atoms with Crippen LogP contribution in [-0.4, -0.2) is 21.9 Å². The smallest absolute Gasteiger partial charge is 0.0656 e. The second-order valence-corrected chi connectivity index (χ2v) is 5.47. The lowest BCUT2D eigenvalue weighted by molar-refractivity contribution is 0.149. The van der Waals surface area contributed by atoms with E-state index in [0.29, 0.717) is 5.92 Å². The Hall–Kier alpha value is -0.0600. The number of nitrogens with zero attached hydrogens (tertiary/aromatic N) is 1. The Bertz CT molecular complexity index is 293. The molecule has 0 fully saturated rings. The highest BCUT2D eigenvalue weighted by molar-refractivity contribution is 9.10. The van der Waals surface area contributed by atoms with Gasteiger partial charge in [-0.15, -0.1) is 11.8 Å². The molecule has 78 valence electrons. The van der Waals surface area contributed by atoms with Crippen LogP contribution in [0.3, 0.4) is 0 Å². The van der Waals surface area contributed by atoms with Gasteiger partial charge in [0, 0.05) is 27.5 Å². The molecule has 0 aliphatic heterocycles. The Morgan fingerprint density at radius 3 is 2.79 bits per heavy atom. The van der Waals surface area contributed by atoms with Crippen LogP contribution < -0.4 is 0 Å². The fraction of sp³-hybridized carbons (Fsp3) is 0.500. The van der Waals surface area contributed by atoms with Gasteiger partial charge in [-0.2, -0.15) is 0 Å². The van der Waals surface area contributed by atoms with Crippen molar-refractivity contribution in [3.05, 3.63) is 22.9 Å². The van der Waals surface area contributed by atoms with Gasteiger partial charge in [-0.3, -0.25) is 4.98 Å². The van der Waals surface area contributed by atoms with E-state index in [0.717, 1.165) is 15.1 Å². The molecule has 0 bridgehead atoms. The van der Waals surface area contributed by atoms with Crippen molar-refractivity contribution >= 4 is 27.7 Å². The second kappa shape index (κ2) is 5.73. The molecule has 1 unspecified atom stereocenters. The highest BCUT2D eigenvalue weighted by Crippen LogP contribution is 2.22. The fourth-order valence-electron chi connectivity index (χ4n) is 0.845. The SMILES string of the molecule is CC(C)C(O)CSc1cncc(Br)c1. The van der Waals surface area contributed by atoms with Gasteiger partial charge in [-0.1, -0.05) is 13.8 Å². The first-order valence-corrected chi connectivity index (χ1v) is 6.29. The molecule has 0 radical (unpaired) electrons. The van der Waals surface area contributed by atoms with Crippen LogP contribution in [-0.2, 0) is 0 Å². The summed E-state index contributed by atoms with van der Waals surface area (Å²) in [6.45, 7) is 4.04. The van der Waals surface area contributed by atoms with Gasteiger partial charge in [0.25, 0.3) is 0 Å². The number of aliphatic hydroxyl groups excluding tert-OH is 1. The minimum Gasteiger partial charge on any atom is -0.392 e. The van der Waals surface area contributed by atoms with E-state index in [1.165, 1.54) is 0 Å². The zero-order valence-electron chi connectivity index (χ0n) is 8.27. The van der Waals surface area contributed by atoms with Crippen LogP contribution >= 0.6 is 27.7 Å². The summed E-state index contributed by atoms with van der Waals surface area (Å²) in [7, 11) is 0. The molecule has 1 rings (SSSR count). The Balaban J connectivity index is 2.45. The van der Waals surface area contributed by atoms with E-state index in [1.807, 2.05) is 26.1 Å². The number of thioether (sulfide) groups is 1. The lowest BCUT2D eigenvalue weighted by Gasteiger charge is -2.13. The molecule has 0 saturated heterocycles. The zero-order chi connectivity index (χ0) is 10.6. The summed E-state index contributed by atoms with van der Waals surface area (Å²) in [4.78, 5) is 5.14. The number of pyridine rings is 1. The molecule has 0 amide bonds. The van der Waals surface area contributed by atoms with Crippen molar-refractivity contribution in [2.24, 2.45) is 5.92 Å². The Morgan fingerprint density at radius 2 is 2.21 bits per heavy atom. The third kappa shape index (κ3) is 3.98. The summed E-state index contributed by atoms with van der Waals surface area (Å²) in [5, 5.41) is 9.60. The van der Waals surface area contributed by atoms with E-state index in [1.54, 1.807) is 18.0 Å². The Labute approximate surface area is 97.3 Å². The maximum atomic E-state index is 9.60. The number of rotatable bonds is 4. The number of halogens is 1. The normalized spacial score (nSPS) is 13.2. The molecular weight excluding hydrogens is 262 g/mol. The molecule has 0 aliphatic carbocycles. The van der Waals surface area contributed by atoms with E-state index in [2.05, 4.69) is 20.9 Å². The van der Waals surface area contributed by atoms with E-state index < -0.39 is 0 Å². The lowest BCUT2D eigenvalue weighted by atomic mass is 10.1. The summed E-state index contributed by atoms with van der Waals surface area (Å²) >= 11 is 4.99.